The summed E-state index contributed by atoms with van der Waals surface area (Å²) in [6.45, 7) is 2.41. The van der Waals surface area contributed by atoms with Gasteiger partial charge in [-0.3, -0.25) is 9.20 Å². The van der Waals surface area contributed by atoms with Gasteiger partial charge in [-0.2, -0.15) is 0 Å². The quantitative estimate of drug-likeness (QED) is 0.750. The van der Waals surface area contributed by atoms with Crippen molar-refractivity contribution in [2.75, 3.05) is 14.2 Å². The van der Waals surface area contributed by atoms with E-state index in [1.54, 1.807) is 18.6 Å². The second-order valence-electron chi connectivity index (χ2n) is 5.56. The summed E-state index contributed by atoms with van der Waals surface area (Å²) < 4.78 is 12.3. The molecule has 25 heavy (non-hydrogen) atoms. The predicted molar refractivity (Wildman–Crippen MR) is 95.3 cm³/mol. The summed E-state index contributed by atoms with van der Waals surface area (Å²) in [5, 5.41) is 2.96. The Labute approximate surface area is 146 Å². The summed E-state index contributed by atoms with van der Waals surface area (Å²) in [6, 6.07) is 11.3. The number of hydrogen-bond donors (Lipinski definition) is 1. The lowest BCUT2D eigenvalue weighted by molar-refractivity contribution is 0.0944. The number of benzene rings is 1. The van der Waals surface area contributed by atoms with Gasteiger partial charge in [0.05, 0.1) is 19.9 Å². The Kier molecular flexibility index (Phi) is 4.88. The van der Waals surface area contributed by atoms with Gasteiger partial charge in [0.1, 0.15) is 11.4 Å². The van der Waals surface area contributed by atoms with Crippen LogP contribution in [0.5, 0.6) is 11.5 Å². The Hall–Kier alpha value is -3.02. The molecule has 2 heterocycles. The Morgan fingerprint density at radius 3 is 2.56 bits per heavy atom. The molecule has 1 N–H and O–H groups in total. The highest BCUT2D eigenvalue weighted by Gasteiger charge is 2.19. The van der Waals surface area contributed by atoms with Crippen LogP contribution in [0.25, 0.3) is 5.65 Å². The van der Waals surface area contributed by atoms with E-state index in [-0.39, 0.29) is 5.91 Å². The van der Waals surface area contributed by atoms with Crippen LogP contribution >= 0.6 is 0 Å². The van der Waals surface area contributed by atoms with E-state index in [4.69, 9.17) is 9.47 Å². The number of pyridine rings is 1. The van der Waals surface area contributed by atoms with E-state index in [1.165, 1.54) is 0 Å². The van der Waals surface area contributed by atoms with Gasteiger partial charge in [-0.05, 0) is 36.2 Å². The Bertz CT molecular complexity index is 885. The highest BCUT2D eigenvalue weighted by molar-refractivity contribution is 5.95. The van der Waals surface area contributed by atoms with Gasteiger partial charge >= 0.3 is 0 Å². The van der Waals surface area contributed by atoms with Crippen LogP contribution in [0.2, 0.25) is 0 Å². The van der Waals surface area contributed by atoms with E-state index in [0.717, 1.165) is 17.0 Å². The maximum absolute atomic E-state index is 12.8. The maximum Gasteiger partial charge on any atom is 0.270 e. The molecule has 1 aromatic carbocycles. The van der Waals surface area contributed by atoms with Gasteiger partial charge < -0.3 is 14.8 Å². The number of hydrogen-bond acceptors (Lipinski definition) is 4. The SMILES string of the molecule is CCc1nc2c(OC)cccn2c1C(=O)NCc1ccc(OC)cc1. The largest absolute Gasteiger partial charge is 0.497 e. The predicted octanol–water partition coefficient (Wildman–Crippen LogP) is 2.84. The second-order valence-corrected chi connectivity index (χ2v) is 5.56. The van der Waals surface area contributed by atoms with E-state index in [0.29, 0.717) is 30.1 Å². The molecule has 0 spiro atoms. The molecule has 2 aromatic heterocycles. The number of ether oxygens (including phenoxy) is 2. The van der Waals surface area contributed by atoms with Crippen molar-refractivity contribution < 1.29 is 14.3 Å². The van der Waals surface area contributed by atoms with Gasteiger partial charge in [-0.1, -0.05) is 19.1 Å². The fourth-order valence-electron chi connectivity index (χ4n) is 2.75. The molecule has 6 nitrogen and oxygen atoms in total. The van der Waals surface area contributed by atoms with E-state index in [9.17, 15) is 4.79 Å². The van der Waals surface area contributed by atoms with E-state index in [2.05, 4.69) is 10.3 Å². The minimum Gasteiger partial charge on any atom is -0.497 e. The van der Waals surface area contributed by atoms with Crippen LogP contribution < -0.4 is 14.8 Å². The standard InChI is InChI=1S/C19H21N3O3/c1-4-15-17(22-11-5-6-16(25-3)18(22)21-15)19(23)20-12-13-7-9-14(24-2)10-8-13/h5-11H,4,12H2,1-3H3,(H,20,23). The zero-order valence-corrected chi connectivity index (χ0v) is 14.6. The number of methoxy groups -OCH3 is 2. The number of fused-ring (bicyclic) bond motifs is 1. The first-order valence-corrected chi connectivity index (χ1v) is 8.13. The normalized spacial score (nSPS) is 10.7. The van der Waals surface area contributed by atoms with Crippen molar-refractivity contribution in [3.63, 3.8) is 0 Å². The molecule has 130 valence electrons. The monoisotopic (exact) mass is 339 g/mol. The summed E-state index contributed by atoms with van der Waals surface area (Å²) >= 11 is 0. The molecule has 3 aromatic rings. The van der Waals surface area contributed by atoms with Crippen molar-refractivity contribution in [2.24, 2.45) is 0 Å². The third-order valence-electron chi connectivity index (χ3n) is 4.07. The van der Waals surface area contributed by atoms with Crippen molar-refractivity contribution in [2.45, 2.75) is 19.9 Å². The van der Waals surface area contributed by atoms with Crippen LogP contribution in [-0.4, -0.2) is 29.5 Å². The third-order valence-corrected chi connectivity index (χ3v) is 4.07. The molecule has 0 fully saturated rings. The third kappa shape index (κ3) is 3.28. The summed E-state index contributed by atoms with van der Waals surface area (Å²) in [5.41, 5.74) is 2.94. The lowest BCUT2D eigenvalue weighted by atomic mass is 10.2. The second kappa shape index (κ2) is 7.25. The maximum atomic E-state index is 12.8. The highest BCUT2D eigenvalue weighted by atomic mass is 16.5. The van der Waals surface area contributed by atoms with Crippen LogP contribution in [0.15, 0.2) is 42.6 Å². The van der Waals surface area contributed by atoms with Crippen LogP contribution in [0.3, 0.4) is 0 Å². The Morgan fingerprint density at radius 1 is 1.16 bits per heavy atom. The van der Waals surface area contributed by atoms with Crippen molar-refractivity contribution in [3.05, 3.63) is 59.5 Å². The van der Waals surface area contributed by atoms with E-state index < -0.39 is 0 Å². The highest BCUT2D eigenvalue weighted by Crippen LogP contribution is 2.22. The van der Waals surface area contributed by atoms with Crippen molar-refractivity contribution in [3.8, 4) is 11.5 Å². The molecule has 6 heteroatoms. The first kappa shape index (κ1) is 16.8. The fraction of sp³-hybridized carbons (Fsp3) is 0.263. The minimum absolute atomic E-state index is 0.159. The van der Waals surface area contributed by atoms with Crippen molar-refractivity contribution in [1.82, 2.24) is 14.7 Å². The Balaban J connectivity index is 1.85. The molecule has 0 atom stereocenters. The van der Waals surface area contributed by atoms with Gasteiger partial charge in [0, 0.05) is 12.7 Å². The van der Waals surface area contributed by atoms with Crippen LogP contribution in [0.4, 0.5) is 0 Å². The van der Waals surface area contributed by atoms with Gasteiger partial charge in [0.25, 0.3) is 5.91 Å². The molecule has 0 aliphatic rings. The lowest BCUT2D eigenvalue weighted by Gasteiger charge is -2.08. The average Bonchev–Trinajstić information content (AvgIpc) is 3.05. The molecule has 0 bridgehead atoms. The number of carbonyl (C=O) groups excluding carboxylic acids is 1. The number of rotatable bonds is 6. The zero-order valence-electron chi connectivity index (χ0n) is 14.6. The molecule has 0 saturated heterocycles. The van der Waals surface area contributed by atoms with Gasteiger partial charge in [-0.15, -0.1) is 0 Å². The van der Waals surface area contributed by atoms with Crippen LogP contribution in [-0.2, 0) is 13.0 Å². The molecule has 0 aliphatic carbocycles. The zero-order chi connectivity index (χ0) is 17.8. The lowest BCUT2D eigenvalue weighted by Crippen LogP contribution is -2.25. The molecular weight excluding hydrogens is 318 g/mol. The number of aromatic nitrogens is 2. The number of carbonyl (C=O) groups is 1. The van der Waals surface area contributed by atoms with E-state index >= 15 is 0 Å². The number of amides is 1. The molecular formula is C19H21N3O3. The first-order valence-electron chi connectivity index (χ1n) is 8.13. The topological polar surface area (TPSA) is 64.9 Å². The van der Waals surface area contributed by atoms with Crippen LogP contribution in [0, 0.1) is 0 Å². The molecule has 1 amide bonds. The molecule has 3 rings (SSSR count). The molecule has 0 radical (unpaired) electrons. The smallest absolute Gasteiger partial charge is 0.270 e. The summed E-state index contributed by atoms with van der Waals surface area (Å²) in [6.07, 6.45) is 2.49. The number of aryl methyl sites for hydroxylation is 1. The molecule has 0 aliphatic heterocycles. The summed E-state index contributed by atoms with van der Waals surface area (Å²) in [7, 11) is 3.22. The summed E-state index contributed by atoms with van der Waals surface area (Å²) in [5.74, 6) is 1.28. The molecule has 0 unspecified atom stereocenters. The van der Waals surface area contributed by atoms with Gasteiger partial charge in [0.2, 0.25) is 0 Å². The van der Waals surface area contributed by atoms with Gasteiger partial charge in [0.15, 0.2) is 11.4 Å². The average molecular weight is 339 g/mol. The van der Waals surface area contributed by atoms with Crippen LogP contribution in [0.1, 0.15) is 28.7 Å². The first-order chi connectivity index (χ1) is 12.2. The minimum atomic E-state index is -0.159. The number of nitrogens with one attached hydrogen (secondary N) is 1. The van der Waals surface area contributed by atoms with Gasteiger partial charge in [-0.25, -0.2) is 4.98 Å². The number of nitrogens with zero attached hydrogens (tertiary/aromatic N) is 2. The summed E-state index contributed by atoms with van der Waals surface area (Å²) in [4.78, 5) is 17.3. The van der Waals surface area contributed by atoms with Crippen molar-refractivity contribution in [1.29, 1.82) is 0 Å². The van der Waals surface area contributed by atoms with E-state index in [1.807, 2.05) is 49.5 Å². The number of imidazole rings is 1. The van der Waals surface area contributed by atoms with Crippen molar-refractivity contribution >= 4 is 11.6 Å². The fourth-order valence-corrected chi connectivity index (χ4v) is 2.75. The molecule has 0 saturated carbocycles. The Morgan fingerprint density at radius 2 is 1.92 bits per heavy atom.